The van der Waals surface area contributed by atoms with Crippen molar-refractivity contribution >= 4 is 46.9 Å². The van der Waals surface area contributed by atoms with Gasteiger partial charge in [-0.05, 0) is 0 Å². The first-order valence-corrected chi connectivity index (χ1v) is 9.70. The van der Waals surface area contributed by atoms with E-state index in [2.05, 4.69) is 10.3 Å². The topological polar surface area (TPSA) is 146 Å². The zero-order valence-corrected chi connectivity index (χ0v) is 15.6. The molecule has 12 heteroatoms. The number of esters is 1. The maximum absolute atomic E-state index is 12.4. The van der Waals surface area contributed by atoms with Gasteiger partial charge in [0.05, 0.1) is 6.42 Å². The van der Waals surface area contributed by atoms with Crippen LogP contribution in [-0.4, -0.2) is 62.5 Å². The molecule has 3 rings (SSSR count). The SMILES string of the molecule is CC(=O)OCC1=C(C(=O)O)N2C(=O)C(NC(=O)Cc3csc(=O)[nH]3)[C@H]2SC1. The van der Waals surface area contributed by atoms with Gasteiger partial charge in [0, 0.05) is 29.3 Å². The number of ether oxygens (including phenoxy) is 1. The van der Waals surface area contributed by atoms with Crippen molar-refractivity contribution in [3.63, 3.8) is 0 Å². The summed E-state index contributed by atoms with van der Waals surface area (Å²) in [6, 6.07) is -0.850. The molecular formula is C15H15N3O7S2. The Morgan fingerprint density at radius 1 is 1.41 bits per heavy atom. The van der Waals surface area contributed by atoms with E-state index in [4.69, 9.17) is 4.74 Å². The van der Waals surface area contributed by atoms with E-state index in [1.54, 1.807) is 0 Å². The van der Waals surface area contributed by atoms with Gasteiger partial charge in [-0.15, -0.1) is 11.8 Å². The first-order valence-electron chi connectivity index (χ1n) is 7.77. The molecule has 3 heterocycles. The number of rotatable bonds is 6. The molecule has 3 N–H and O–H groups in total. The maximum atomic E-state index is 12.4. The van der Waals surface area contributed by atoms with Crippen molar-refractivity contribution in [3.05, 3.63) is 32.0 Å². The Kier molecular flexibility index (Phi) is 5.37. The molecule has 0 saturated carbocycles. The number of carbonyl (C=O) groups excluding carboxylic acids is 3. The lowest BCUT2D eigenvalue weighted by Gasteiger charge is -2.49. The highest BCUT2D eigenvalue weighted by molar-refractivity contribution is 8.00. The Morgan fingerprint density at radius 3 is 2.74 bits per heavy atom. The monoisotopic (exact) mass is 413 g/mol. The van der Waals surface area contributed by atoms with Gasteiger partial charge in [-0.1, -0.05) is 11.3 Å². The fourth-order valence-electron chi connectivity index (χ4n) is 2.78. The van der Waals surface area contributed by atoms with Crippen molar-refractivity contribution in [2.45, 2.75) is 24.8 Å². The summed E-state index contributed by atoms with van der Waals surface area (Å²) >= 11 is 2.22. The number of aromatic amines is 1. The van der Waals surface area contributed by atoms with E-state index in [9.17, 15) is 29.1 Å². The molecule has 10 nitrogen and oxygen atoms in total. The molecule has 1 fully saturated rings. The third kappa shape index (κ3) is 3.90. The predicted molar refractivity (Wildman–Crippen MR) is 95.0 cm³/mol. The molecule has 0 bridgehead atoms. The lowest BCUT2D eigenvalue weighted by atomic mass is 10.0. The Labute approximate surface area is 160 Å². The van der Waals surface area contributed by atoms with Gasteiger partial charge in [0.1, 0.15) is 23.7 Å². The van der Waals surface area contributed by atoms with E-state index in [0.29, 0.717) is 11.3 Å². The molecule has 144 valence electrons. The molecule has 27 heavy (non-hydrogen) atoms. The van der Waals surface area contributed by atoms with Crippen molar-refractivity contribution < 1.29 is 29.0 Å². The van der Waals surface area contributed by atoms with Gasteiger partial charge < -0.3 is 20.1 Å². The number of nitrogens with one attached hydrogen (secondary N) is 2. The van der Waals surface area contributed by atoms with Crippen LogP contribution in [0.2, 0.25) is 0 Å². The highest BCUT2D eigenvalue weighted by atomic mass is 32.2. The van der Waals surface area contributed by atoms with Crippen molar-refractivity contribution in [1.82, 2.24) is 15.2 Å². The van der Waals surface area contributed by atoms with Crippen molar-refractivity contribution in [2.24, 2.45) is 0 Å². The average Bonchev–Trinajstić information content (AvgIpc) is 3.01. The lowest BCUT2D eigenvalue weighted by molar-refractivity contribution is -0.151. The number of carboxylic acids is 1. The molecule has 1 unspecified atom stereocenters. The smallest absolute Gasteiger partial charge is 0.352 e. The fourth-order valence-corrected chi connectivity index (χ4v) is 4.69. The summed E-state index contributed by atoms with van der Waals surface area (Å²) in [4.78, 5) is 61.5. The molecule has 0 spiro atoms. The van der Waals surface area contributed by atoms with Gasteiger partial charge in [-0.25, -0.2) is 4.79 Å². The van der Waals surface area contributed by atoms with E-state index in [-0.39, 0.29) is 29.4 Å². The molecule has 0 radical (unpaired) electrons. The van der Waals surface area contributed by atoms with Gasteiger partial charge >= 0.3 is 16.8 Å². The molecule has 0 aromatic carbocycles. The summed E-state index contributed by atoms with van der Waals surface area (Å²) in [5, 5.41) is 13.0. The van der Waals surface area contributed by atoms with Gasteiger partial charge in [0.2, 0.25) is 5.91 Å². The number of thioether (sulfide) groups is 1. The number of hydrogen-bond acceptors (Lipinski definition) is 8. The highest BCUT2D eigenvalue weighted by Gasteiger charge is 2.54. The van der Waals surface area contributed by atoms with Crippen LogP contribution in [0, 0.1) is 0 Å². The molecule has 2 amide bonds. The van der Waals surface area contributed by atoms with E-state index in [1.807, 2.05) is 0 Å². The molecular weight excluding hydrogens is 398 g/mol. The Bertz CT molecular complexity index is 903. The maximum Gasteiger partial charge on any atom is 0.352 e. The van der Waals surface area contributed by atoms with Crippen LogP contribution in [0.15, 0.2) is 21.4 Å². The molecule has 1 aromatic heterocycles. The summed E-state index contributed by atoms with van der Waals surface area (Å²) in [5.41, 5.74) is 0.558. The van der Waals surface area contributed by atoms with Crippen LogP contribution in [0.5, 0.6) is 0 Å². The zero-order chi connectivity index (χ0) is 19.7. The number of hydrogen-bond donors (Lipinski definition) is 3. The number of carboxylic acid groups (broad SMARTS) is 1. The minimum absolute atomic E-state index is 0.0841. The summed E-state index contributed by atoms with van der Waals surface area (Å²) < 4.78 is 4.86. The summed E-state index contributed by atoms with van der Waals surface area (Å²) in [7, 11) is 0. The first-order chi connectivity index (χ1) is 12.8. The Balaban J connectivity index is 1.69. The van der Waals surface area contributed by atoms with Gasteiger partial charge in [-0.3, -0.25) is 24.1 Å². The summed E-state index contributed by atoms with van der Waals surface area (Å²) in [5.74, 6) is -2.58. The summed E-state index contributed by atoms with van der Waals surface area (Å²) in [6.07, 6.45) is -0.0841. The van der Waals surface area contributed by atoms with Crippen LogP contribution in [-0.2, 0) is 30.3 Å². The number of β-lactam (4-membered cyclic amide) rings is 1. The van der Waals surface area contributed by atoms with Crippen LogP contribution >= 0.6 is 23.1 Å². The van der Waals surface area contributed by atoms with E-state index >= 15 is 0 Å². The molecule has 2 atom stereocenters. The number of aromatic nitrogens is 1. The second kappa shape index (κ2) is 7.56. The minimum Gasteiger partial charge on any atom is -0.477 e. The number of carbonyl (C=O) groups is 4. The minimum atomic E-state index is -1.29. The van der Waals surface area contributed by atoms with Crippen molar-refractivity contribution in [3.8, 4) is 0 Å². The van der Waals surface area contributed by atoms with E-state index < -0.39 is 35.2 Å². The lowest BCUT2D eigenvalue weighted by Crippen LogP contribution is -2.70. The molecule has 1 saturated heterocycles. The summed E-state index contributed by atoms with van der Waals surface area (Å²) in [6.45, 7) is 1.00. The van der Waals surface area contributed by atoms with Crippen molar-refractivity contribution in [2.75, 3.05) is 12.4 Å². The molecule has 0 aliphatic carbocycles. The predicted octanol–water partition coefficient (Wildman–Crippen LogP) is -0.719. The third-order valence-electron chi connectivity index (χ3n) is 3.94. The number of amides is 2. The number of aliphatic carboxylic acids is 1. The van der Waals surface area contributed by atoms with Crippen molar-refractivity contribution in [1.29, 1.82) is 0 Å². The molecule has 1 aromatic rings. The van der Waals surface area contributed by atoms with Gasteiger partial charge in [-0.2, -0.15) is 0 Å². The number of nitrogens with zero attached hydrogens (tertiary/aromatic N) is 1. The van der Waals surface area contributed by atoms with Gasteiger partial charge in [0.15, 0.2) is 0 Å². The number of thiazole rings is 1. The fraction of sp³-hybridized carbons (Fsp3) is 0.400. The average molecular weight is 413 g/mol. The Morgan fingerprint density at radius 2 is 2.15 bits per heavy atom. The Hall–Kier alpha value is -2.60. The highest BCUT2D eigenvalue weighted by Crippen LogP contribution is 2.40. The van der Waals surface area contributed by atoms with Crippen LogP contribution in [0.4, 0.5) is 0 Å². The standard InChI is InChI=1S/C15H15N3O7S2/c1-6(19)25-3-7-4-26-13-10(12(21)18(13)11(7)14(22)23)17-9(20)2-8-5-27-15(24)16-8/h5,10,13H,2-4H2,1H3,(H,16,24)(H,17,20)(H,22,23)/t10?,13-/m1/s1. The van der Waals surface area contributed by atoms with E-state index in [0.717, 1.165) is 16.2 Å². The van der Waals surface area contributed by atoms with Crippen LogP contribution in [0.25, 0.3) is 0 Å². The number of H-pyrrole nitrogens is 1. The van der Waals surface area contributed by atoms with Crippen LogP contribution in [0.1, 0.15) is 12.6 Å². The third-order valence-corrected chi connectivity index (χ3v) is 6.00. The van der Waals surface area contributed by atoms with E-state index in [1.165, 1.54) is 24.1 Å². The second-order valence-corrected chi connectivity index (χ2v) is 7.79. The molecule has 2 aliphatic rings. The van der Waals surface area contributed by atoms with Crippen LogP contribution < -0.4 is 10.2 Å². The number of fused-ring (bicyclic) bond motifs is 1. The van der Waals surface area contributed by atoms with Crippen LogP contribution in [0.3, 0.4) is 0 Å². The quantitative estimate of drug-likeness (QED) is 0.409. The largest absolute Gasteiger partial charge is 0.477 e. The normalized spacial score (nSPS) is 21.4. The second-order valence-electron chi connectivity index (χ2n) is 5.84. The zero-order valence-electron chi connectivity index (χ0n) is 14.0. The first kappa shape index (κ1) is 19.2. The molecule has 2 aliphatic heterocycles. The van der Waals surface area contributed by atoms with Gasteiger partial charge in [0.25, 0.3) is 5.91 Å².